The molecule has 4 heteroatoms. The second-order valence-corrected chi connectivity index (χ2v) is 4.98. The third kappa shape index (κ3) is 2.38. The molecule has 1 aromatic carbocycles. The molecule has 86 valence electrons. The number of hydrogen-bond acceptors (Lipinski definition) is 2. The van der Waals surface area contributed by atoms with Crippen molar-refractivity contribution >= 4 is 21.8 Å². The van der Waals surface area contributed by atoms with E-state index in [1.54, 1.807) is 19.0 Å². The highest BCUT2D eigenvalue weighted by atomic mass is 79.9. The zero-order valence-corrected chi connectivity index (χ0v) is 11.0. The van der Waals surface area contributed by atoms with Crippen molar-refractivity contribution in [1.29, 1.82) is 0 Å². The van der Waals surface area contributed by atoms with Gasteiger partial charge in [-0.3, -0.25) is 4.79 Å². The second-order valence-electron chi connectivity index (χ2n) is 4.13. The number of halogens is 1. The predicted molar refractivity (Wildman–Crippen MR) is 65.8 cm³/mol. The molecular weight excluding hydrogens is 270 g/mol. The van der Waals surface area contributed by atoms with E-state index in [0.29, 0.717) is 17.4 Å². The van der Waals surface area contributed by atoms with Gasteiger partial charge in [0.25, 0.3) is 5.91 Å². The molecular formula is C12H14BrNO2. The van der Waals surface area contributed by atoms with Gasteiger partial charge in [0.15, 0.2) is 0 Å². The minimum Gasteiger partial charge on any atom is -0.490 e. The van der Waals surface area contributed by atoms with Crippen LogP contribution in [0.5, 0.6) is 5.75 Å². The molecule has 3 nitrogen and oxygen atoms in total. The summed E-state index contributed by atoms with van der Waals surface area (Å²) in [5.74, 6) is 0.638. The van der Waals surface area contributed by atoms with Crippen molar-refractivity contribution in [3.8, 4) is 5.75 Å². The monoisotopic (exact) mass is 283 g/mol. The molecule has 0 heterocycles. The molecule has 1 saturated carbocycles. The summed E-state index contributed by atoms with van der Waals surface area (Å²) < 4.78 is 6.51. The summed E-state index contributed by atoms with van der Waals surface area (Å²) in [6.45, 7) is 0. The Morgan fingerprint density at radius 1 is 1.44 bits per heavy atom. The highest BCUT2D eigenvalue weighted by molar-refractivity contribution is 9.10. The zero-order valence-electron chi connectivity index (χ0n) is 9.37. The predicted octanol–water partition coefficient (Wildman–Crippen LogP) is 2.69. The van der Waals surface area contributed by atoms with Crippen molar-refractivity contribution in [2.45, 2.75) is 18.9 Å². The van der Waals surface area contributed by atoms with Crippen LogP contribution in [0.15, 0.2) is 22.7 Å². The minimum atomic E-state index is -0.0388. The fraction of sp³-hybridized carbons (Fsp3) is 0.417. The first kappa shape index (κ1) is 11.5. The average Bonchev–Trinajstić information content (AvgIpc) is 3.01. The Labute approximate surface area is 104 Å². The Bertz CT molecular complexity index is 413. The van der Waals surface area contributed by atoms with Gasteiger partial charge in [-0.1, -0.05) is 6.07 Å². The molecule has 16 heavy (non-hydrogen) atoms. The normalized spacial score (nSPS) is 14.7. The van der Waals surface area contributed by atoms with E-state index in [-0.39, 0.29) is 5.91 Å². The number of carbonyl (C=O) groups excluding carboxylic acids is 1. The van der Waals surface area contributed by atoms with E-state index in [2.05, 4.69) is 15.9 Å². The number of ether oxygens (including phenoxy) is 1. The van der Waals surface area contributed by atoms with Crippen molar-refractivity contribution in [3.63, 3.8) is 0 Å². The Hall–Kier alpha value is -1.03. The van der Waals surface area contributed by atoms with Crippen LogP contribution in [0.3, 0.4) is 0 Å². The lowest BCUT2D eigenvalue weighted by molar-refractivity contribution is 0.0822. The third-order valence-corrected chi connectivity index (χ3v) is 3.07. The van der Waals surface area contributed by atoms with E-state index in [9.17, 15) is 4.79 Å². The van der Waals surface area contributed by atoms with Gasteiger partial charge < -0.3 is 9.64 Å². The minimum absolute atomic E-state index is 0.0388. The van der Waals surface area contributed by atoms with Gasteiger partial charge in [0.05, 0.1) is 11.7 Å². The quantitative estimate of drug-likeness (QED) is 0.854. The van der Waals surface area contributed by atoms with Crippen molar-refractivity contribution in [1.82, 2.24) is 4.90 Å². The van der Waals surface area contributed by atoms with Gasteiger partial charge in [-0.2, -0.15) is 0 Å². The molecule has 0 aromatic heterocycles. The van der Waals surface area contributed by atoms with E-state index >= 15 is 0 Å². The summed E-state index contributed by atoms with van der Waals surface area (Å²) in [7, 11) is 3.48. The van der Waals surface area contributed by atoms with Crippen molar-refractivity contribution < 1.29 is 9.53 Å². The molecule has 0 bridgehead atoms. The molecule has 1 aliphatic rings. The van der Waals surface area contributed by atoms with E-state index in [1.807, 2.05) is 18.2 Å². The van der Waals surface area contributed by atoms with E-state index in [0.717, 1.165) is 17.3 Å². The molecule has 1 aromatic rings. The van der Waals surface area contributed by atoms with Gasteiger partial charge in [-0.05, 0) is 40.9 Å². The molecule has 1 aliphatic carbocycles. The number of nitrogens with zero attached hydrogens (tertiary/aromatic N) is 1. The first-order valence-electron chi connectivity index (χ1n) is 5.26. The van der Waals surface area contributed by atoms with Crippen LogP contribution in [0.4, 0.5) is 0 Å². The molecule has 1 fully saturated rings. The number of benzene rings is 1. The number of hydrogen-bond donors (Lipinski definition) is 0. The van der Waals surface area contributed by atoms with Crippen LogP contribution in [0, 0.1) is 0 Å². The lowest BCUT2D eigenvalue weighted by atomic mass is 10.2. The number of amides is 1. The summed E-state index contributed by atoms with van der Waals surface area (Å²) in [6.07, 6.45) is 2.47. The maximum atomic E-state index is 12.0. The summed E-state index contributed by atoms with van der Waals surface area (Å²) in [4.78, 5) is 13.6. The van der Waals surface area contributed by atoms with Crippen LogP contribution < -0.4 is 4.74 Å². The molecule has 0 aliphatic heterocycles. The fourth-order valence-electron chi connectivity index (χ4n) is 1.40. The summed E-state index contributed by atoms with van der Waals surface area (Å²) >= 11 is 3.40. The molecule has 1 amide bonds. The highest BCUT2D eigenvalue weighted by Gasteiger charge is 2.26. The van der Waals surface area contributed by atoms with Gasteiger partial charge >= 0.3 is 0 Å². The first-order chi connectivity index (χ1) is 7.59. The average molecular weight is 284 g/mol. The topological polar surface area (TPSA) is 29.5 Å². The lowest BCUT2D eigenvalue weighted by Gasteiger charge is -2.15. The van der Waals surface area contributed by atoms with Gasteiger partial charge in [-0.25, -0.2) is 0 Å². The Kier molecular flexibility index (Phi) is 3.19. The van der Waals surface area contributed by atoms with Crippen molar-refractivity contribution in [2.24, 2.45) is 0 Å². The number of carbonyl (C=O) groups is 1. The van der Waals surface area contributed by atoms with Gasteiger partial charge in [0.1, 0.15) is 5.75 Å². The van der Waals surface area contributed by atoms with E-state index in [1.165, 1.54) is 0 Å². The Morgan fingerprint density at radius 2 is 2.12 bits per heavy atom. The van der Waals surface area contributed by atoms with Crippen molar-refractivity contribution in [3.05, 3.63) is 28.2 Å². The Morgan fingerprint density at radius 3 is 2.69 bits per heavy atom. The zero-order chi connectivity index (χ0) is 11.7. The molecule has 0 N–H and O–H groups in total. The smallest absolute Gasteiger partial charge is 0.258 e. The van der Waals surface area contributed by atoms with Gasteiger partial charge in [0.2, 0.25) is 0 Å². The standard InChI is InChI=1S/C12H14BrNO2/c1-14(2)12(15)11-9(13)4-3-5-10(11)16-8-6-7-8/h3-5,8H,6-7H2,1-2H3. The second kappa shape index (κ2) is 4.45. The summed E-state index contributed by atoms with van der Waals surface area (Å²) in [5.41, 5.74) is 0.611. The van der Waals surface area contributed by atoms with Gasteiger partial charge in [-0.15, -0.1) is 0 Å². The molecule has 0 spiro atoms. The van der Waals surface area contributed by atoms with E-state index in [4.69, 9.17) is 4.74 Å². The summed E-state index contributed by atoms with van der Waals surface area (Å²) in [5, 5.41) is 0. The summed E-state index contributed by atoms with van der Waals surface area (Å²) in [6, 6.07) is 5.59. The van der Waals surface area contributed by atoms with Crippen molar-refractivity contribution in [2.75, 3.05) is 14.1 Å². The molecule has 0 atom stereocenters. The maximum Gasteiger partial charge on any atom is 0.258 e. The maximum absolute atomic E-state index is 12.0. The lowest BCUT2D eigenvalue weighted by Crippen LogP contribution is -2.23. The molecule has 0 saturated heterocycles. The number of rotatable bonds is 3. The third-order valence-electron chi connectivity index (χ3n) is 2.41. The largest absolute Gasteiger partial charge is 0.490 e. The Balaban J connectivity index is 2.35. The molecule has 2 rings (SSSR count). The highest BCUT2D eigenvalue weighted by Crippen LogP contribution is 2.33. The van der Waals surface area contributed by atoms with Gasteiger partial charge in [0, 0.05) is 18.6 Å². The van der Waals surface area contributed by atoms with E-state index < -0.39 is 0 Å². The van der Waals surface area contributed by atoms with Crippen LogP contribution in [0.2, 0.25) is 0 Å². The van der Waals surface area contributed by atoms with Crippen LogP contribution in [0.25, 0.3) is 0 Å². The molecule has 0 unspecified atom stereocenters. The van der Waals surface area contributed by atoms with Crippen LogP contribution in [0.1, 0.15) is 23.2 Å². The van der Waals surface area contributed by atoms with Crippen LogP contribution >= 0.6 is 15.9 Å². The fourth-order valence-corrected chi connectivity index (χ4v) is 1.92. The SMILES string of the molecule is CN(C)C(=O)c1c(Br)cccc1OC1CC1. The van der Waals surface area contributed by atoms with Crippen LogP contribution in [-0.2, 0) is 0 Å². The molecule has 0 radical (unpaired) electrons. The first-order valence-corrected chi connectivity index (χ1v) is 6.05. The van der Waals surface area contributed by atoms with Crippen LogP contribution in [-0.4, -0.2) is 31.0 Å².